The Bertz CT molecular complexity index is 1300. The van der Waals surface area contributed by atoms with E-state index in [4.69, 9.17) is 4.52 Å². The molecular formula is C28H36ClFN6O3. The molecule has 2 heterocycles. The van der Waals surface area contributed by atoms with Gasteiger partial charge >= 0.3 is 0 Å². The lowest BCUT2D eigenvalue weighted by Gasteiger charge is -2.32. The highest BCUT2D eigenvalue weighted by Crippen LogP contribution is 2.28. The largest absolute Gasteiger partial charge is 0.355 e. The van der Waals surface area contributed by atoms with Crippen molar-refractivity contribution in [1.82, 2.24) is 25.5 Å². The number of amides is 2. The van der Waals surface area contributed by atoms with E-state index in [0.29, 0.717) is 31.3 Å². The highest BCUT2D eigenvalue weighted by molar-refractivity contribution is 5.87. The number of aromatic nitrogens is 2. The van der Waals surface area contributed by atoms with Crippen LogP contribution in [0.2, 0.25) is 0 Å². The topological polar surface area (TPSA) is 94.8 Å². The predicted molar refractivity (Wildman–Crippen MR) is 150 cm³/mol. The summed E-state index contributed by atoms with van der Waals surface area (Å²) in [5.74, 6) is 0.271. The number of unbranched alkanes of at least 4 members (excludes halogenated alkanes) is 2. The van der Waals surface area contributed by atoms with Gasteiger partial charge in [0.15, 0.2) is 0 Å². The predicted octanol–water partition coefficient (Wildman–Crippen LogP) is 4.42. The summed E-state index contributed by atoms with van der Waals surface area (Å²) in [6, 6.07) is 10.4. The number of aryl methyl sites for hydroxylation is 2. The maximum Gasteiger partial charge on any atom is 0.256 e. The summed E-state index contributed by atoms with van der Waals surface area (Å²) in [5.41, 5.74) is 4.24. The Morgan fingerprint density at radius 2 is 1.85 bits per heavy atom. The van der Waals surface area contributed by atoms with E-state index in [1.807, 2.05) is 30.1 Å². The second-order valence-electron chi connectivity index (χ2n) is 9.70. The number of nitrogens with one attached hydrogen (secondary N) is 1. The Hall–Kier alpha value is -3.50. The average molecular weight is 559 g/mol. The van der Waals surface area contributed by atoms with Crippen molar-refractivity contribution in [3.05, 3.63) is 64.8 Å². The molecule has 3 aromatic rings. The maximum absolute atomic E-state index is 13.7. The average Bonchev–Trinajstić information content (AvgIpc) is 3.52. The third-order valence-electron chi connectivity index (χ3n) is 6.76. The summed E-state index contributed by atoms with van der Waals surface area (Å²) in [6.07, 6.45) is 3.02. The zero-order chi connectivity index (χ0) is 27.2. The van der Waals surface area contributed by atoms with Crippen LogP contribution < -0.4 is 10.2 Å². The van der Waals surface area contributed by atoms with Crippen LogP contribution in [0.15, 0.2) is 40.9 Å². The Labute approximate surface area is 234 Å². The standard InChI is InChI=1S/C28H35FN6O3.ClH/c1-5-6-7-12-30-26(36)17-34(25-14-21(9-8-19(25)2)28-31-20(3)38-32-28)18-27(37)33(4)35-15-22-10-11-24(29)13-23(22)16-35;/h8-11,13-14H,5-7,12,15-18H2,1-4H3,(H,30,36);1H. The molecule has 0 saturated carbocycles. The molecule has 2 amide bonds. The van der Waals surface area contributed by atoms with E-state index in [9.17, 15) is 14.0 Å². The van der Waals surface area contributed by atoms with Crippen LogP contribution in [0.5, 0.6) is 0 Å². The minimum absolute atomic E-state index is 0. The lowest BCUT2D eigenvalue weighted by atomic mass is 10.1. The van der Waals surface area contributed by atoms with E-state index in [2.05, 4.69) is 22.4 Å². The number of hydrogen-bond acceptors (Lipinski definition) is 7. The van der Waals surface area contributed by atoms with E-state index in [-0.39, 0.29) is 43.1 Å². The summed E-state index contributed by atoms with van der Waals surface area (Å²) in [6.45, 7) is 7.33. The van der Waals surface area contributed by atoms with Crippen LogP contribution in [0.25, 0.3) is 11.4 Å². The Kier molecular flexibility index (Phi) is 10.4. The number of likely N-dealkylation sites (N-methyl/N-ethyl adjacent to an activating group) is 1. The van der Waals surface area contributed by atoms with Gasteiger partial charge in [-0.3, -0.25) is 14.6 Å². The second kappa shape index (κ2) is 13.5. The van der Waals surface area contributed by atoms with Crippen LogP contribution in [-0.4, -0.2) is 58.7 Å². The Balaban J connectivity index is 0.00000420. The van der Waals surface area contributed by atoms with Crippen LogP contribution in [0.4, 0.5) is 10.1 Å². The first-order chi connectivity index (χ1) is 18.2. The van der Waals surface area contributed by atoms with Crippen molar-refractivity contribution < 1.29 is 18.5 Å². The highest BCUT2D eigenvalue weighted by Gasteiger charge is 2.27. The van der Waals surface area contributed by atoms with Crippen LogP contribution in [0.1, 0.15) is 48.8 Å². The van der Waals surface area contributed by atoms with Crippen LogP contribution in [0, 0.1) is 19.7 Å². The fourth-order valence-corrected chi connectivity index (χ4v) is 4.54. The van der Waals surface area contributed by atoms with E-state index in [0.717, 1.165) is 47.2 Å². The zero-order valence-electron chi connectivity index (χ0n) is 22.9. The van der Waals surface area contributed by atoms with Gasteiger partial charge in [-0.05, 0) is 48.2 Å². The molecule has 0 unspecified atom stereocenters. The molecule has 0 fully saturated rings. The molecule has 210 valence electrons. The number of hydrogen-bond donors (Lipinski definition) is 1. The molecule has 39 heavy (non-hydrogen) atoms. The van der Waals surface area contributed by atoms with Gasteiger partial charge in [0.1, 0.15) is 5.82 Å². The number of rotatable bonds is 11. The second-order valence-corrected chi connectivity index (χ2v) is 9.70. The van der Waals surface area contributed by atoms with E-state index in [1.165, 1.54) is 12.1 Å². The number of fused-ring (bicyclic) bond motifs is 1. The van der Waals surface area contributed by atoms with Crippen molar-refractivity contribution in [2.24, 2.45) is 0 Å². The number of nitrogens with zero attached hydrogens (tertiary/aromatic N) is 5. The molecule has 2 aromatic carbocycles. The van der Waals surface area contributed by atoms with E-state index < -0.39 is 0 Å². The fourth-order valence-electron chi connectivity index (χ4n) is 4.54. The van der Waals surface area contributed by atoms with Crippen molar-refractivity contribution in [3.63, 3.8) is 0 Å². The van der Waals surface area contributed by atoms with Crippen LogP contribution in [0.3, 0.4) is 0 Å². The summed E-state index contributed by atoms with van der Waals surface area (Å²) in [5, 5.41) is 10.4. The van der Waals surface area contributed by atoms with Gasteiger partial charge in [-0.1, -0.05) is 43.1 Å². The van der Waals surface area contributed by atoms with Crippen LogP contribution in [-0.2, 0) is 22.7 Å². The first-order valence-corrected chi connectivity index (χ1v) is 13.0. The van der Waals surface area contributed by atoms with Gasteiger partial charge in [-0.2, -0.15) is 4.98 Å². The molecular weight excluding hydrogens is 523 g/mol. The number of carbonyl (C=O) groups excluding carboxylic acids is 2. The molecule has 1 N–H and O–H groups in total. The van der Waals surface area contributed by atoms with Gasteiger partial charge in [0.05, 0.1) is 13.1 Å². The van der Waals surface area contributed by atoms with E-state index >= 15 is 0 Å². The maximum atomic E-state index is 13.7. The lowest BCUT2D eigenvalue weighted by Crippen LogP contribution is -2.48. The van der Waals surface area contributed by atoms with Crippen LogP contribution >= 0.6 is 12.4 Å². The molecule has 0 radical (unpaired) electrons. The first-order valence-electron chi connectivity index (χ1n) is 13.0. The molecule has 9 nitrogen and oxygen atoms in total. The summed E-state index contributed by atoms with van der Waals surface area (Å²) in [7, 11) is 1.71. The van der Waals surface area contributed by atoms with E-state index in [1.54, 1.807) is 29.9 Å². The zero-order valence-corrected chi connectivity index (χ0v) is 23.7. The number of carbonyl (C=O) groups is 2. The van der Waals surface area contributed by atoms with Gasteiger partial charge in [-0.15, -0.1) is 12.4 Å². The minimum Gasteiger partial charge on any atom is -0.355 e. The van der Waals surface area contributed by atoms with Gasteiger partial charge < -0.3 is 14.7 Å². The molecule has 1 aromatic heterocycles. The van der Waals surface area contributed by atoms with Gasteiger partial charge in [0, 0.05) is 44.9 Å². The molecule has 0 atom stereocenters. The molecule has 0 aliphatic carbocycles. The Morgan fingerprint density at radius 1 is 1.08 bits per heavy atom. The third kappa shape index (κ3) is 7.54. The molecule has 1 aliphatic rings. The van der Waals surface area contributed by atoms with Gasteiger partial charge in [0.25, 0.3) is 5.91 Å². The van der Waals surface area contributed by atoms with Crippen molar-refractivity contribution >= 4 is 29.9 Å². The molecule has 4 rings (SSSR count). The fraction of sp³-hybridized carbons (Fsp3) is 0.429. The molecule has 0 bridgehead atoms. The summed E-state index contributed by atoms with van der Waals surface area (Å²) >= 11 is 0. The Morgan fingerprint density at radius 3 is 2.56 bits per heavy atom. The van der Waals surface area contributed by atoms with Crippen molar-refractivity contribution in [1.29, 1.82) is 0 Å². The monoisotopic (exact) mass is 558 g/mol. The summed E-state index contributed by atoms with van der Waals surface area (Å²) in [4.78, 5) is 32.5. The smallest absolute Gasteiger partial charge is 0.256 e. The number of halogens is 2. The molecule has 0 spiro atoms. The lowest BCUT2D eigenvalue weighted by molar-refractivity contribution is -0.145. The van der Waals surface area contributed by atoms with Gasteiger partial charge in [-0.25, -0.2) is 9.40 Å². The van der Waals surface area contributed by atoms with Gasteiger partial charge in [0.2, 0.25) is 17.6 Å². The summed E-state index contributed by atoms with van der Waals surface area (Å²) < 4.78 is 18.8. The SMILES string of the molecule is CCCCCNC(=O)CN(CC(=O)N(C)N1Cc2ccc(F)cc2C1)c1cc(-c2noc(C)n2)ccc1C.Cl. The quantitative estimate of drug-likeness (QED) is 0.348. The van der Waals surface area contributed by atoms with Crippen molar-refractivity contribution in [2.45, 2.75) is 53.1 Å². The van der Waals surface area contributed by atoms with Crippen molar-refractivity contribution in [3.8, 4) is 11.4 Å². The number of hydrazine groups is 1. The minimum atomic E-state index is -0.289. The third-order valence-corrected chi connectivity index (χ3v) is 6.76. The first kappa shape index (κ1) is 30.0. The molecule has 11 heteroatoms. The normalized spacial score (nSPS) is 12.5. The van der Waals surface area contributed by atoms with Crippen molar-refractivity contribution in [2.75, 3.05) is 31.6 Å². The number of benzene rings is 2. The molecule has 0 saturated heterocycles. The highest BCUT2D eigenvalue weighted by atomic mass is 35.5. The molecule has 1 aliphatic heterocycles. The number of anilines is 1.